The highest BCUT2D eigenvalue weighted by Gasteiger charge is 2.28. The van der Waals surface area contributed by atoms with Crippen molar-refractivity contribution in [1.29, 1.82) is 0 Å². The molecule has 1 fully saturated rings. The molecule has 1 saturated carbocycles. The second kappa shape index (κ2) is 2.66. The number of nitrogens with zero attached hydrogens (tertiary/aromatic N) is 1. The Labute approximate surface area is 70.2 Å². The average molecular weight is 163 g/mol. The highest BCUT2D eigenvalue weighted by molar-refractivity contribution is 6.15. The van der Waals surface area contributed by atoms with Gasteiger partial charge in [0.2, 0.25) is 0 Å². The Kier molecular flexibility index (Phi) is 1.64. The maximum Gasteiger partial charge on any atom is 0.269 e. The number of rotatable bonds is 0. The average Bonchev–Trinajstić information content (AvgIpc) is 2.04. The predicted molar refractivity (Wildman–Crippen MR) is 43.9 cm³/mol. The molecule has 1 heterocycles. The number of hydrogen-bond donors (Lipinski definition) is 0. The van der Waals surface area contributed by atoms with E-state index < -0.39 is 0 Å². The fourth-order valence-corrected chi connectivity index (χ4v) is 1.64. The minimum absolute atomic E-state index is 0.184. The highest BCUT2D eigenvalue weighted by Crippen LogP contribution is 2.22. The monoisotopic (exact) mass is 163 g/mol. The van der Waals surface area contributed by atoms with Crippen molar-refractivity contribution in [2.75, 3.05) is 0 Å². The summed E-state index contributed by atoms with van der Waals surface area (Å²) in [6, 6.07) is 0. The molecule has 0 aromatic heterocycles. The third-order valence-corrected chi connectivity index (χ3v) is 2.25. The summed E-state index contributed by atoms with van der Waals surface area (Å²) in [7, 11) is 0. The molecular weight excluding hydrogens is 154 g/mol. The van der Waals surface area contributed by atoms with Gasteiger partial charge in [-0.25, -0.2) is 4.99 Å². The molecule has 0 aromatic carbocycles. The number of dihydropyridines is 1. The minimum atomic E-state index is -0.226. The normalized spacial score (nSPS) is 28.3. The van der Waals surface area contributed by atoms with E-state index in [4.69, 9.17) is 0 Å². The summed E-state index contributed by atoms with van der Waals surface area (Å²) < 4.78 is 0. The number of Topliss-reactive ketones (excluding diaryl/α,β-unsaturated/α-hetero) is 1. The summed E-state index contributed by atoms with van der Waals surface area (Å²) in [5.41, 5.74) is 0.763. The standard InChI is InChI=1S/C9H9NO2/c11-8-3-1-2-7-6(8)4-5-9(12)10-7/h4-6H,1-3H2. The van der Waals surface area contributed by atoms with E-state index in [1.807, 2.05) is 0 Å². The van der Waals surface area contributed by atoms with E-state index in [1.54, 1.807) is 6.08 Å². The lowest BCUT2D eigenvalue weighted by molar-refractivity contribution is -0.120. The maximum absolute atomic E-state index is 11.3. The van der Waals surface area contributed by atoms with E-state index in [0.29, 0.717) is 6.42 Å². The fourth-order valence-electron chi connectivity index (χ4n) is 1.64. The van der Waals surface area contributed by atoms with Crippen LogP contribution < -0.4 is 0 Å². The van der Waals surface area contributed by atoms with Gasteiger partial charge in [-0.1, -0.05) is 6.08 Å². The smallest absolute Gasteiger partial charge is 0.269 e. The summed E-state index contributed by atoms with van der Waals surface area (Å²) in [4.78, 5) is 26.0. The van der Waals surface area contributed by atoms with Gasteiger partial charge in [-0.3, -0.25) is 9.59 Å². The number of fused-ring (bicyclic) bond motifs is 1. The van der Waals surface area contributed by atoms with Crippen LogP contribution in [0, 0.1) is 5.92 Å². The molecule has 0 saturated heterocycles. The minimum Gasteiger partial charge on any atom is -0.299 e. The summed E-state index contributed by atoms with van der Waals surface area (Å²) >= 11 is 0. The zero-order valence-corrected chi connectivity index (χ0v) is 6.62. The predicted octanol–water partition coefficient (Wildman–Crippen LogP) is 0.893. The van der Waals surface area contributed by atoms with Gasteiger partial charge >= 0.3 is 0 Å². The second-order valence-corrected chi connectivity index (χ2v) is 3.10. The molecule has 2 aliphatic rings. The number of hydrogen-bond acceptors (Lipinski definition) is 2. The number of amides is 1. The lowest BCUT2D eigenvalue weighted by Crippen LogP contribution is -2.29. The third-order valence-electron chi connectivity index (χ3n) is 2.25. The molecule has 12 heavy (non-hydrogen) atoms. The van der Waals surface area contributed by atoms with E-state index in [0.717, 1.165) is 18.6 Å². The Morgan fingerprint density at radius 2 is 2.17 bits per heavy atom. The first-order valence-corrected chi connectivity index (χ1v) is 4.10. The van der Waals surface area contributed by atoms with Gasteiger partial charge in [-0.2, -0.15) is 0 Å². The second-order valence-electron chi connectivity index (χ2n) is 3.10. The maximum atomic E-state index is 11.3. The van der Waals surface area contributed by atoms with Crippen molar-refractivity contribution in [3.63, 3.8) is 0 Å². The van der Waals surface area contributed by atoms with Gasteiger partial charge in [0, 0.05) is 18.2 Å². The zero-order chi connectivity index (χ0) is 8.55. The first-order valence-electron chi connectivity index (χ1n) is 4.10. The van der Waals surface area contributed by atoms with Crippen molar-refractivity contribution >= 4 is 17.4 Å². The largest absolute Gasteiger partial charge is 0.299 e. The van der Waals surface area contributed by atoms with E-state index in [-0.39, 0.29) is 17.6 Å². The van der Waals surface area contributed by atoms with Gasteiger partial charge in [0.25, 0.3) is 5.91 Å². The summed E-state index contributed by atoms with van der Waals surface area (Å²) in [5.74, 6) is -0.212. The molecule has 0 spiro atoms. The molecular formula is C9H9NO2. The van der Waals surface area contributed by atoms with Gasteiger partial charge in [-0.05, 0) is 12.8 Å². The topological polar surface area (TPSA) is 46.5 Å². The molecule has 1 atom stereocenters. The van der Waals surface area contributed by atoms with Crippen LogP contribution >= 0.6 is 0 Å². The molecule has 1 aliphatic heterocycles. The summed E-state index contributed by atoms with van der Waals surface area (Å²) in [6.45, 7) is 0. The van der Waals surface area contributed by atoms with Crippen LogP contribution in [0.15, 0.2) is 17.1 Å². The molecule has 1 amide bonds. The highest BCUT2D eigenvalue weighted by atomic mass is 16.1. The summed E-state index contributed by atoms with van der Waals surface area (Å²) in [6.07, 6.45) is 5.33. The van der Waals surface area contributed by atoms with Crippen LogP contribution in [0.4, 0.5) is 0 Å². The van der Waals surface area contributed by atoms with Gasteiger partial charge < -0.3 is 0 Å². The van der Waals surface area contributed by atoms with Crippen molar-refractivity contribution in [2.45, 2.75) is 19.3 Å². The lowest BCUT2D eigenvalue weighted by atomic mass is 9.84. The van der Waals surface area contributed by atoms with Crippen LogP contribution in [0.2, 0.25) is 0 Å². The lowest BCUT2D eigenvalue weighted by Gasteiger charge is -2.21. The Morgan fingerprint density at radius 3 is 3.00 bits per heavy atom. The van der Waals surface area contributed by atoms with Crippen molar-refractivity contribution in [3.05, 3.63) is 12.2 Å². The van der Waals surface area contributed by atoms with Crippen LogP contribution in [0.5, 0.6) is 0 Å². The molecule has 0 radical (unpaired) electrons. The molecule has 0 aromatic rings. The van der Waals surface area contributed by atoms with E-state index in [9.17, 15) is 9.59 Å². The number of allylic oxidation sites excluding steroid dienone is 1. The van der Waals surface area contributed by atoms with Gasteiger partial charge in [0.05, 0.1) is 5.92 Å². The number of aliphatic imine (C=N–C) groups is 1. The van der Waals surface area contributed by atoms with Crippen molar-refractivity contribution in [2.24, 2.45) is 10.9 Å². The number of ketones is 1. The Bertz CT molecular complexity index is 302. The molecule has 62 valence electrons. The van der Waals surface area contributed by atoms with E-state index >= 15 is 0 Å². The molecule has 3 nitrogen and oxygen atoms in total. The van der Waals surface area contributed by atoms with Crippen molar-refractivity contribution in [1.82, 2.24) is 0 Å². The first-order chi connectivity index (χ1) is 5.77. The van der Waals surface area contributed by atoms with Gasteiger partial charge in [-0.15, -0.1) is 0 Å². The third kappa shape index (κ3) is 1.11. The number of carbonyl (C=O) groups excluding carboxylic acids is 2. The molecule has 0 N–H and O–H groups in total. The Hall–Kier alpha value is -1.25. The summed E-state index contributed by atoms with van der Waals surface area (Å²) in [5, 5.41) is 0. The van der Waals surface area contributed by atoms with Crippen LogP contribution in [-0.4, -0.2) is 17.4 Å². The molecule has 2 rings (SSSR count). The SMILES string of the molecule is O=C1C=CC2C(=O)CCCC2=N1. The Morgan fingerprint density at radius 1 is 1.33 bits per heavy atom. The fraction of sp³-hybridized carbons (Fsp3) is 0.444. The van der Waals surface area contributed by atoms with Crippen LogP contribution in [0.3, 0.4) is 0 Å². The van der Waals surface area contributed by atoms with Crippen molar-refractivity contribution in [3.8, 4) is 0 Å². The number of carbonyl (C=O) groups is 2. The molecule has 0 bridgehead atoms. The van der Waals surface area contributed by atoms with Crippen LogP contribution in [-0.2, 0) is 9.59 Å². The molecule has 1 aliphatic carbocycles. The Balaban J connectivity index is 2.31. The van der Waals surface area contributed by atoms with Crippen molar-refractivity contribution < 1.29 is 9.59 Å². The van der Waals surface area contributed by atoms with E-state index in [1.165, 1.54) is 6.08 Å². The van der Waals surface area contributed by atoms with E-state index in [2.05, 4.69) is 4.99 Å². The van der Waals surface area contributed by atoms with Crippen LogP contribution in [0.1, 0.15) is 19.3 Å². The quantitative estimate of drug-likeness (QED) is 0.532. The zero-order valence-electron chi connectivity index (χ0n) is 6.62. The first kappa shape index (κ1) is 7.40. The molecule has 3 heteroatoms. The van der Waals surface area contributed by atoms with Gasteiger partial charge in [0.1, 0.15) is 5.78 Å². The van der Waals surface area contributed by atoms with Crippen LogP contribution in [0.25, 0.3) is 0 Å². The molecule has 1 unspecified atom stereocenters. The van der Waals surface area contributed by atoms with Gasteiger partial charge in [0.15, 0.2) is 0 Å².